The van der Waals surface area contributed by atoms with Crippen LogP contribution in [0.2, 0.25) is 0 Å². The minimum Gasteiger partial charge on any atom is -0.482 e. The van der Waals surface area contributed by atoms with Gasteiger partial charge in [0.2, 0.25) is 0 Å². The maximum atomic E-state index is 12.1. The van der Waals surface area contributed by atoms with E-state index in [4.69, 9.17) is 14.2 Å². The van der Waals surface area contributed by atoms with E-state index in [0.717, 1.165) is 12.1 Å². The number of imide groups is 1. The fourth-order valence-corrected chi connectivity index (χ4v) is 2.58. The van der Waals surface area contributed by atoms with E-state index in [1.807, 2.05) is 35.6 Å². The van der Waals surface area contributed by atoms with Gasteiger partial charge in [0.25, 0.3) is 11.8 Å². The lowest BCUT2D eigenvalue weighted by molar-refractivity contribution is -0.150. The molecule has 0 fully saturated rings. The van der Waals surface area contributed by atoms with Crippen LogP contribution in [0.5, 0.6) is 23.0 Å². The highest BCUT2D eigenvalue weighted by molar-refractivity contribution is 6.05. The summed E-state index contributed by atoms with van der Waals surface area (Å²) in [5.41, 5.74) is 0.0318. The molecule has 0 heterocycles. The number of carbonyl (C=O) groups is 3. The first kappa shape index (κ1) is 24.2. The van der Waals surface area contributed by atoms with Gasteiger partial charge in [-0.05, 0) is 60.7 Å². The van der Waals surface area contributed by atoms with Crippen LogP contribution in [0.15, 0.2) is 78.9 Å². The van der Waals surface area contributed by atoms with Gasteiger partial charge in [0.1, 0.15) is 23.0 Å². The third-order valence-electron chi connectivity index (χ3n) is 4.12. The largest absolute Gasteiger partial charge is 0.482 e. The molecule has 10 heteroatoms. The Bertz CT molecular complexity index is 1100. The highest BCUT2D eigenvalue weighted by Gasteiger charge is 2.14. The number of alkyl halides is 2. The third kappa shape index (κ3) is 7.90. The number of esters is 1. The van der Waals surface area contributed by atoms with Gasteiger partial charge in [-0.15, -0.1) is 0 Å². The molecule has 0 aromatic heterocycles. The Balaban J connectivity index is 1.37. The molecular formula is C24H19F2NO7. The SMILES string of the molecule is O=C(COC(=O)COc1ccc(Oc2ccccc2)cc1)NC(=O)c1ccc(OC(F)F)cc1. The second-order valence-corrected chi connectivity index (χ2v) is 6.62. The molecule has 0 aliphatic rings. The highest BCUT2D eigenvalue weighted by Crippen LogP contribution is 2.23. The van der Waals surface area contributed by atoms with Crippen molar-refractivity contribution in [2.45, 2.75) is 6.61 Å². The van der Waals surface area contributed by atoms with E-state index in [-0.39, 0.29) is 11.3 Å². The molecule has 0 aliphatic carbocycles. The maximum absolute atomic E-state index is 12.1. The van der Waals surface area contributed by atoms with Gasteiger partial charge in [0.15, 0.2) is 13.2 Å². The molecule has 1 N–H and O–H groups in total. The summed E-state index contributed by atoms with van der Waals surface area (Å²) in [4.78, 5) is 35.6. The Morgan fingerprint density at radius 3 is 1.97 bits per heavy atom. The summed E-state index contributed by atoms with van der Waals surface area (Å²) in [6.07, 6.45) is 0. The van der Waals surface area contributed by atoms with Crippen LogP contribution in [0, 0.1) is 0 Å². The van der Waals surface area contributed by atoms with Gasteiger partial charge in [-0.1, -0.05) is 18.2 Å². The van der Waals surface area contributed by atoms with Crippen molar-refractivity contribution >= 4 is 17.8 Å². The number of halogens is 2. The van der Waals surface area contributed by atoms with Crippen molar-refractivity contribution < 1.29 is 42.1 Å². The molecule has 0 saturated heterocycles. The number of hydrogen-bond donors (Lipinski definition) is 1. The van der Waals surface area contributed by atoms with Crippen LogP contribution in [0.4, 0.5) is 8.78 Å². The Morgan fingerprint density at radius 2 is 1.32 bits per heavy atom. The van der Waals surface area contributed by atoms with Crippen molar-refractivity contribution in [2.24, 2.45) is 0 Å². The molecule has 0 saturated carbocycles. The quantitative estimate of drug-likeness (QED) is 0.447. The number of nitrogens with one attached hydrogen (secondary N) is 1. The lowest BCUT2D eigenvalue weighted by atomic mass is 10.2. The van der Waals surface area contributed by atoms with Gasteiger partial charge >= 0.3 is 12.6 Å². The molecule has 34 heavy (non-hydrogen) atoms. The predicted octanol–water partition coefficient (Wildman–Crippen LogP) is 3.96. The Labute approximate surface area is 193 Å². The first-order valence-corrected chi connectivity index (χ1v) is 9.89. The smallest absolute Gasteiger partial charge is 0.387 e. The van der Waals surface area contributed by atoms with Crippen molar-refractivity contribution in [3.05, 3.63) is 84.4 Å². The number of para-hydroxylation sites is 1. The fourth-order valence-electron chi connectivity index (χ4n) is 2.58. The fraction of sp³-hybridized carbons (Fsp3) is 0.125. The van der Waals surface area contributed by atoms with Crippen molar-refractivity contribution in [2.75, 3.05) is 13.2 Å². The number of carbonyl (C=O) groups excluding carboxylic acids is 3. The van der Waals surface area contributed by atoms with Crippen LogP contribution in [0.3, 0.4) is 0 Å². The van der Waals surface area contributed by atoms with E-state index in [0.29, 0.717) is 17.2 Å². The number of hydrogen-bond acceptors (Lipinski definition) is 7. The molecule has 2 amide bonds. The second-order valence-electron chi connectivity index (χ2n) is 6.62. The zero-order valence-corrected chi connectivity index (χ0v) is 17.6. The number of ether oxygens (including phenoxy) is 4. The first-order chi connectivity index (χ1) is 16.4. The van der Waals surface area contributed by atoms with Crippen LogP contribution in [0.25, 0.3) is 0 Å². The standard InChI is InChI=1S/C24H19F2NO7/c25-24(26)34-20-8-6-16(7-9-20)23(30)27-21(28)14-32-22(29)15-31-17-10-12-19(13-11-17)33-18-4-2-1-3-5-18/h1-13,24H,14-15H2,(H,27,28,30). The summed E-state index contributed by atoms with van der Waals surface area (Å²) < 4.78 is 44.2. The number of amides is 2. The summed E-state index contributed by atoms with van der Waals surface area (Å²) in [6, 6.07) is 20.5. The van der Waals surface area contributed by atoms with Crippen LogP contribution in [-0.2, 0) is 14.3 Å². The second kappa shape index (κ2) is 12.0. The van der Waals surface area contributed by atoms with Crippen LogP contribution in [0.1, 0.15) is 10.4 Å². The van der Waals surface area contributed by atoms with E-state index in [2.05, 4.69) is 4.74 Å². The van der Waals surface area contributed by atoms with Gasteiger partial charge < -0.3 is 18.9 Å². The summed E-state index contributed by atoms with van der Waals surface area (Å²) in [7, 11) is 0. The molecule has 0 unspecified atom stereocenters. The lowest BCUT2D eigenvalue weighted by Gasteiger charge is -2.09. The number of benzene rings is 3. The Morgan fingerprint density at radius 1 is 0.735 bits per heavy atom. The van der Waals surface area contributed by atoms with E-state index in [1.54, 1.807) is 24.3 Å². The normalized spacial score (nSPS) is 10.3. The molecule has 0 atom stereocenters. The molecule has 0 bridgehead atoms. The molecule has 0 aliphatic heterocycles. The highest BCUT2D eigenvalue weighted by atomic mass is 19.3. The summed E-state index contributed by atoms with van der Waals surface area (Å²) in [5.74, 6) is -0.970. The van der Waals surface area contributed by atoms with Crippen molar-refractivity contribution in [3.63, 3.8) is 0 Å². The van der Waals surface area contributed by atoms with Crippen molar-refractivity contribution in [1.82, 2.24) is 5.32 Å². The van der Waals surface area contributed by atoms with Crippen LogP contribution < -0.4 is 19.5 Å². The summed E-state index contributed by atoms with van der Waals surface area (Å²) in [6.45, 7) is -4.15. The van der Waals surface area contributed by atoms with E-state index >= 15 is 0 Å². The van der Waals surface area contributed by atoms with Gasteiger partial charge in [-0.25, -0.2) is 4.79 Å². The van der Waals surface area contributed by atoms with Gasteiger partial charge in [-0.2, -0.15) is 8.78 Å². The monoisotopic (exact) mass is 471 g/mol. The summed E-state index contributed by atoms with van der Waals surface area (Å²) in [5, 5.41) is 2.01. The molecule has 3 rings (SSSR count). The third-order valence-corrected chi connectivity index (χ3v) is 4.12. The predicted molar refractivity (Wildman–Crippen MR) is 115 cm³/mol. The van der Waals surface area contributed by atoms with Crippen LogP contribution >= 0.6 is 0 Å². The van der Waals surface area contributed by atoms with E-state index in [1.165, 1.54) is 12.1 Å². The zero-order chi connectivity index (χ0) is 24.3. The Hall–Kier alpha value is -4.47. The number of rotatable bonds is 10. The topological polar surface area (TPSA) is 100 Å². The molecule has 0 radical (unpaired) electrons. The lowest BCUT2D eigenvalue weighted by Crippen LogP contribution is -2.34. The van der Waals surface area contributed by atoms with Gasteiger partial charge in [-0.3, -0.25) is 14.9 Å². The molecule has 3 aromatic carbocycles. The Kier molecular flexibility index (Phi) is 8.50. The van der Waals surface area contributed by atoms with Crippen LogP contribution in [-0.4, -0.2) is 37.6 Å². The first-order valence-electron chi connectivity index (χ1n) is 9.89. The average molecular weight is 471 g/mol. The maximum Gasteiger partial charge on any atom is 0.387 e. The van der Waals surface area contributed by atoms with Crippen molar-refractivity contribution in [1.29, 1.82) is 0 Å². The minimum absolute atomic E-state index is 0.0318. The molecular weight excluding hydrogens is 452 g/mol. The molecule has 8 nitrogen and oxygen atoms in total. The zero-order valence-electron chi connectivity index (χ0n) is 17.6. The molecule has 3 aromatic rings. The average Bonchev–Trinajstić information content (AvgIpc) is 2.83. The summed E-state index contributed by atoms with van der Waals surface area (Å²) >= 11 is 0. The minimum atomic E-state index is -2.99. The van der Waals surface area contributed by atoms with Gasteiger partial charge in [0.05, 0.1) is 0 Å². The van der Waals surface area contributed by atoms with Gasteiger partial charge in [0, 0.05) is 5.56 Å². The molecule has 0 spiro atoms. The van der Waals surface area contributed by atoms with E-state index in [9.17, 15) is 23.2 Å². The molecule has 176 valence electrons. The van der Waals surface area contributed by atoms with Crippen molar-refractivity contribution in [3.8, 4) is 23.0 Å². The van der Waals surface area contributed by atoms with E-state index < -0.39 is 37.6 Å².